The van der Waals surface area contributed by atoms with E-state index in [4.69, 9.17) is 11.6 Å². The number of halogens is 1. The fourth-order valence-electron chi connectivity index (χ4n) is 3.14. The molecule has 1 saturated heterocycles. The molecular formula is C19H19ClN2O2. The van der Waals surface area contributed by atoms with E-state index < -0.39 is 0 Å². The number of hydrogen-bond acceptors (Lipinski definition) is 2. The number of carbonyl (C=O) groups is 2. The number of hydrogen-bond donors (Lipinski definition) is 1. The predicted molar refractivity (Wildman–Crippen MR) is 96.5 cm³/mol. The lowest BCUT2D eigenvalue weighted by atomic mass is 10.1. The van der Waals surface area contributed by atoms with E-state index in [1.54, 1.807) is 29.2 Å². The molecule has 0 bridgehead atoms. The Balaban J connectivity index is 1.76. The lowest BCUT2D eigenvalue weighted by Gasteiger charge is -2.21. The van der Waals surface area contributed by atoms with Crippen LogP contribution in [0.5, 0.6) is 0 Å². The molecule has 3 rings (SSSR count). The van der Waals surface area contributed by atoms with Gasteiger partial charge in [0.25, 0.3) is 0 Å². The van der Waals surface area contributed by atoms with Crippen molar-refractivity contribution >= 4 is 34.8 Å². The van der Waals surface area contributed by atoms with Gasteiger partial charge in [-0.3, -0.25) is 9.59 Å². The molecule has 1 atom stereocenters. The first kappa shape index (κ1) is 16.5. The van der Waals surface area contributed by atoms with E-state index in [0.717, 1.165) is 16.8 Å². The first-order valence-electron chi connectivity index (χ1n) is 7.88. The molecule has 2 aromatic rings. The molecule has 1 heterocycles. The first-order chi connectivity index (χ1) is 11.5. The number of carbonyl (C=O) groups excluding carboxylic acids is 2. The van der Waals surface area contributed by atoms with Gasteiger partial charge in [0.1, 0.15) is 0 Å². The molecule has 2 aromatic carbocycles. The minimum absolute atomic E-state index is 0.0151. The molecule has 0 aromatic heterocycles. The lowest BCUT2D eigenvalue weighted by molar-refractivity contribution is -0.122. The second-order valence-electron chi connectivity index (χ2n) is 6.15. The molecule has 1 fully saturated rings. The molecule has 2 amide bonds. The molecule has 124 valence electrons. The number of anilines is 2. The van der Waals surface area contributed by atoms with Crippen molar-refractivity contribution in [2.45, 2.75) is 20.3 Å². The van der Waals surface area contributed by atoms with E-state index in [-0.39, 0.29) is 24.2 Å². The average Bonchev–Trinajstić information content (AvgIpc) is 2.89. The SMILES string of the molecule is Cc1cccc(C)c1N1CC(C(=O)Nc2cccc(Cl)c2)CC1=O. The molecule has 1 aliphatic rings. The van der Waals surface area contributed by atoms with Crippen LogP contribution in [0.2, 0.25) is 5.02 Å². The highest BCUT2D eigenvalue weighted by atomic mass is 35.5. The predicted octanol–water partition coefficient (Wildman–Crippen LogP) is 3.95. The number of rotatable bonds is 3. The van der Waals surface area contributed by atoms with Crippen LogP contribution in [-0.2, 0) is 9.59 Å². The summed E-state index contributed by atoms with van der Waals surface area (Å²) in [6.45, 7) is 4.36. The normalized spacial score (nSPS) is 17.2. The van der Waals surface area contributed by atoms with Gasteiger partial charge in [-0.05, 0) is 43.2 Å². The molecule has 24 heavy (non-hydrogen) atoms. The maximum atomic E-state index is 12.5. The molecule has 1 N–H and O–H groups in total. The van der Waals surface area contributed by atoms with Crippen LogP contribution in [0.25, 0.3) is 0 Å². The maximum Gasteiger partial charge on any atom is 0.229 e. The summed E-state index contributed by atoms with van der Waals surface area (Å²) in [4.78, 5) is 26.6. The Morgan fingerprint density at radius 3 is 2.50 bits per heavy atom. The first-order valence-corrected chi connectivity index (χ1v) is 8.26. The number of aryl methyl sites for hydroxylation is 2. The van der Waals surface area contributed by atoms with Crippen molar-refractivity contribution in [1.82, 2.24) is 0 Å². The van der Waals surface area contributed by atoms with E-state index in [2.05, 4.69) is 5.32 Å². The van der Waals surface area contributed by atoms with Crippen molar-refractivity contribution in [2.24, 2.45) is 5.92 Å². The number of nitrogens with zero attached hydrogens (tertiary/aromatic N) is 1. The lowest BCUT2D eigenvalue weighted by Crippen LogP contribution is -2.29. The summed E-state index contributed by atoms with van der Waals surface area (Å²) >= 11 is 5.94. The van der Waals surface area contributed by atoms with Crippen LogP contribution < -0.4 is 10.2 Å². The van der Waals surface area contributed by atoms with Crippen LogP contribution in [0.15, 0.2) is 42.5 Å². The third kappa shape index (κ3) is 3.29. The smallest absolute Gasteiger partial charge is 0.229 e. The van der Waals surface area contributed by atoms with Gasteiger partial charge < -0.3 is 10.2 Å². The van der Waals surface area contributed by atoms with E-state index >= 15 is 0 Å². The standard InChI is InChI=1S/C19H19ClN2O2/c1-12-5-3-6-13(2)18(12)22-11-14(9-17(22)23)19(24)21-16-8-4-7-15(20)10-16/h3-8,10,14H,9,11H2,1-2H3,(H,21,24). The molecule has 0 spiro atoms. The topological polar surface area (TPSA) is 49.4 Å². The van der Waals surface area contributed by atoms with Crippen molar-refractivity contribution < 1.29 is 9.59 Å². The van der Waals surface area contributed by atoms with Crippen molar-refractivity contribution in [2.75, 3.05) is 16.8 Å². The molecule has 4 nitrogen and oxygen atoms in total. The number of nitrogens with one attached hydrogen (secondary N) is 1. The summed E-state index contributed by atoms with van der Waals surface area (Å²) in [5.74, 6) is -0.534. The molecular weight excluding hydrogens is 324 g/mol. The second kappa shape index (κ2) is 6.65. The molecule has 1 aliphatic heterocycles. The highest BCUT2D eigenvalue weighted by Gasteiger charge is 2.36. The molecule has 1 unspecified atom stereocenters. The third-order valence-electron chi connectivity index (χ3n) is 4.30. The summed E-state index contributed by atoms with van der Waals surface area (Å²) < 4.78 is 0. The second-order valence-corrected chi connectivity index (χ2v) is 6.58. The molecule has 0 aliphatic carbocycles. The van der Waals surface area contributed by atoms with Gasteiger partial charge in [0, 0.05) is 29.4 Å². The summed E-state index contributed by atoms with van der Waals surface area (Å²) in [7, 11) is 0. The Morgan fingerprint density at radius 1 is 1.17 bits per heavy atom. The van der Waals surface area contributed by atoms with Gasteiger partial charge in [-0.25, -0.2) is 0 Å². The van der Waals surface area contributed by atoms with Crippen LogP contribution in [0.3, 0.4) is 0 Å². The quantitative estimate of drug-likeness (QED) is 0.918. The van der Waals surface area contributed by atoms with Gasteiger partial charge in [-0.2, -0.15) is 0 Å². The van der Waals surface area contributed by atoms with Gasteiger partial charge in [-0.15, -0.1) is 0 Å². The van der Waals surface area contributed by atoms with Gasteiger partial charge in [0.2, 0.25) is 11.8 Å². The van der Waals surface area contributed by atoms with Crippen LogP contribution >= 0.6 is 11.6 Å². The molecule has 0 radical (unpaired) electrons. The minimum Gasteiger partial charge on any atom is -0.326 e. The zero-order valence-electron chi connectivity index (χ0n) is 13.7. The highest BCUT2D eigenvalue weighted by molar-refractivity contribution is 6.30. The number of benzene rings is 2. The van der Waals surface area contributed by atoms with Gasteiger partial charge in [0.15, 0.2) is 0 Å². The van der Waals surface area contributed by atoms with E-state index in [0.29, 0.717) is 17.3 Å². The van der Waals surface area contributed by atoms with Gasteiger partial charge in [-0.1, -0.05) is 35.9 Å². The zero-order valence-corrected chi connectivity index (χ0v) is 14.4. The Hall–Kier alpha value is -2.33. The largest absolute Gasteiger partial charge is 0.326 e. The fourth-order valence-corrected chi connectivity index (χ4v) is 3.33. The summed E-state index contributed by atoms with van der Waals surface area (Å²) in [6.07, 6.45) is 0.222. The van der Waals surface area contributed by atoms with Crippen LogP contribution in [0.1, 0.15) is 17.5 Å². The van der Waals surface area contributed by atoms with E-state index in [9.17, 15) is 9.59 Å². The van der Waals surface area contributed by atoms with Crippen molar-refractivity contribution in [3.8, 4) is 0 Å². The number of amides is 2. The van der Waals surface area contributed by atoms with Gasteiger partial charge >= 0.3 is 0 Å². The maximum absolute atomic E-state index is 12.5. The fraction of sp³-hybridized carbons (Fsp3) is 0.263. The van der Waals surface area contributed by atoms with Crippen LogP contribution in [0, 0.1) is 19.8 Å². The average molecular weight is 343 g/mol. The van der Waals surface area contributed by atoms with Crippen molar-refractivity contribution in [1.29, 1.82) is 0 Å². The van der Waals surface area contributed by atoms with Gasteiger partial charge in [0.05, 0.1) is 5.92 Å². The van der Waals surface area contributed by atoms with E-state index in [1.807, 2.05) is 32.0 Å². The minimum atomic E-state index is -0.365. The Bertz CT molecular complexity index is 783. The number of para-hydroxylation sites is 1. The molecule has 0 saturated carbocycles. The van der Waals surface area contributed by atoms with Crippen molar-refractivity contribution in [3.05, 3.63) is 58.6 Å². The monoisotopic (exact) mass is 342 g/mol. The Morgan fingerprint density at radius 2 is 1.83 bits per heavy atom. The van der Waals surface area contributed by atoms with Crippen molar-refractivity contribution in [3.63, 3.8) is 0 Å². The zero-order chi connectivity index (χ0) is 17.3. The summed E-state index contributed by atoms with van der Waals surface area (Å²) in [5, 5.41) is 3.41. The third-order valence-corrected chi connectivity index (χ3v) is 4.53. The Labute approximate surface area is 146 Å². The summed E-state index contributed by atoms with van der Waals surface area (Å²) in [6, 6.07) is 12.9. The Kier molecular flexibility index (Phi) is 4.58. The summed E-state index contributed by atoms with van der Waals surface area (Å²) in [5.41, 5.74) is 3.64. The van der Waals surface area contributed by atoms with E-state index in [1.165, 1.54) is 0 Å². The highest BCUT2D eigenvalue weighted by Crippen LogP contribution is 2.31. The van der Waals surface area contributed by atoms with Crippen LogP contribution in [0.4, 0.5) is 11.4 Å². The molecule has 5 heteroatoms. The van der Waals surface area contributed by atoms with Crippen LogP contribution in [-0.4, -0.2) is 18.4 Å².